The second-order valence-corrected chi connectivity index (χ2v) is 4.10. The van der Waals surface area contributed by atoms with Crippen molar-refractivity contribution in [2.24, 2.45) is 0 Å². The SMILES string of the molecule is CC(C)c1cc(NNOC(=O)C(F)(F)F)nnc1Cl. The third-order valence-corrected chi connectivity index (χ3v) is 2.25. The molecule has 0 unspecified atom stereocenters. The number of anilines is 1. The van der Waals surface area contributed by atoms with Crippen molar-refractivity contribution in [1.82, 2.24) is 15.8 Å². The number of hydrogen-bond donors (Lipinski definition) is 2. The van der Waals surface area contributed by atoms with Crippen LogP contribution in [-0.2, 0) is 9.63 Å². The van der Waals surface area contributed by atoms with Crippen molar-refractivity contribution in [2.75, 3.05) is 5.43 Å². The molecule has 10 heteroatoms. The lowest BCUT2D eigenvalue weighted by atomic mass is 10.1. The van der Waals surface area contributed by atoms with Crippen LogP contribution in [0.15, 0.2) is 6.07 Å². The second-order valence-electron chi connectivity index (χ2n) is 3.74. The summed E-state index contributed by atoms with van der Waals surface area (Å²) in [5, 5.41) is 7.34. The van der Waals surface area contributed by atoms with Crippen molar-refractivity contribution >= 4 is 23.4 Å². The lowest BCUT2D eigenvalue weighted by molar-refractivity contribution is -0.205. The van der Waals surface area contributed by atoms with Crippen LogP contribution in [-0.4, -0.2) is 22.3 Å². The predicted molar refractivity (Wildman–Crippen MR) is 60.0 cm³/mol. The smallest absolute Gasteiger partial charge is 0.343 e. The van der Waals surface area contributed by atoms with Gasteiger partial charge in [-0.15, -0.1) is 10.2 Å². The zero-order chi connectivity index (χ0) is 14.6. The Kier molecular flexibility index (Phi) is 4.90. The molecule has 6 nitrogen and oxygen atoms in total. The van der Waals surface area contributed by atoms with Gasteiger partial charge < -0.3 is 4.84 Å². The van der Waals surface area contributed by atoms with Crippen molar-refractivity contribution in [3.05, 3.63) is 16.8 Å². The van der Waals surface area contributed by atoms with E-state index in [2.05, 4.69) is 20.5 Å². The summed E-state index contributed by atoms with van der Waals surface area (Å²) in [5.74, 6) is -2.28. The Morgan fingerprint density at radius 3 is 2.58 bits per heavy atom. The molecule has 0 saturated heterocycles. The summed E-state index contributed by atoms with van der Waals surface area (Å²) in [6, 6.07) is 1.47. The van der Waals surface area contributed by atoms with E-state index in [0.717, 1.165) is 0 Å². The molecule has 106 valence electrons. The van der Waals surface area contributed by atoms with E-state index in [1.54, 1.807) is 5.59 Å². The van der Waals surface area contributed by atoms with E-state index in [1.165, 1.54) is 6.07 Å². The monoisotopic (exact) mass is 298 g/mol. The van der Waals surface area contributed by atoms with Crippen LogP contribution in [0.4, 0.5) is 19.0 Å². The minimum Gasteiger partial charge on any atom is -0.343 e. The van der Waals surface area contributed by atoms with E-state index in [4.69, 9.17) is 11.6 Å². The van der Waals surface area contributed by atoms with Crippen LogP contribution in [0.1, 0.15) is 25.3 Å². The first kappa shape index (κ1) is 15.4. The van der Waals surface area contributed by atoms with Crippen LogP contribution in [0.5, 0.6) is 0 Å². The van der Waals surface area contributed by atoms with Crippen molar-refractivity contribution in [3.63, 3.8) is 0 Å². The molecule has 0 radical (unpaired) electrons. The molecule has 0 bridgehead atoms. The summed E-state index contributed by atoms with van der Waals surface area (Å²) in [6.45, 7) is 3.70. The largest absolute Gasteiger partial charge is 0.492 e. The Morgan fingerprint density at radius 2 is 2.05 bits per heavy atom. The van der Waals surface area contributed by atoms with Crippen LogP contribution in [0.25, 0.3) is 0 Å². The number of alkyl halides is 3. The molecular formula is C9H10ClF3N4O2. The van der Waals surface area contributed by atoms with Crippen molar-refractivity contribution in [3.8, 4) is 0 Å². The summed E-state index contributed by atoms with van der Waals surface area (Å²) >= 11 is 5.78. The van der Waals surface area contributed by atoms with Gasteiger partial charge in [-0.2, -0.15) is 13.2 Å². The van der Waals surface area contributed by atoms with E-state index in [1.807, 2.05) is 13.8 Å². The molecule has 0 aliphatic carbocycles. The maximum absolute atomic E-state index is 11.8. The number of carbonyl (C=O) groups excluding carboxylic acids is 1. The second kappa shape index (κ2) is 6.02. The van der Waals surface area contributed by atoms with Crippen molar-refractivity contribution < 1.29 is 22.8 Å². The van der Waals surface area contributed by atoms with Crippen molar-refractivity contribution in [1.29, 1.82) is 0 Å². The number of nitrogens with zero attached hydrogens (tertiary/aromatic N) is 2. The first-order valence-corrected chi connectivity index (χ1v) is 5.41. The first-order chi connectivity index (χ1) is 8.71. The van der Waals surface area contributed by atoms with E-state index in [9.17, 15) is 18.0 Å². The fraction of sp³-hybridized carbons (Fsp3) is 0.444. The number of hydrazine groups is 1. The number of rotatable bonds is 4. The minimum absolute atomic E-state index is 0.0428. The average Bonchev–Trinajstić information content (AvgIpc) is 2.29. The third kappa shape index (κ3) is 4.52. The minimum atomic E-state index is -5.08. The Hall–Kier alpha value is -1.61. The highest BCUT2D eigenvalue weighted by Crippen LogP contribution is 2.23. The highest BCUT2D eigenvalue weighted by molar-refractivity contribution is 6.30. The van der Waals surface area contributed by atoms with Gasteiger partial charge in [0.2, 0.25) is 0 Å². The lowest BCUT2D eigenvalue weighted by Crippen LogP contribution is -2.34. The fourth-order valence-electron chi connectivity index (χ4n) is 1.04. The molecule has 1 aromatic heterocycles. The summed E-state index contributed by atoms with van der Waals surface area (Å²) in [5.41, 5.74) is 4.42. The Balaban J connectivity index is 2.60. The van der Waals surface area contributed by atoms with Gasteiger partial charge in [0.15, 0.2) is 11.0 Å². The van der Waals surface area contributed by atoms with Gasteiger partial charge in [0.25, 0.3) is 0 Å². The quantitative estimate of drug-likeness (QED) is 0.830. The van der Waals surface area contributed by atoms with Crippen LogP contribution in [0, 0.1) is 0 Å². The topological polar surface area (TPSA) is 76.1 Å². The molecule has 1 rings (SSSR count). The number of carbonyl (C=O) groups is 1. The van der Waals surface area contributed by atoms with E-state index < -0.39 is 12.1 Å². The van der Waals surface area contributed by atoms with Gasteiger partial charge in [-0.1, -0.05) is 31.0 Å². The van der Waals surface area contributed by atoms with Gasteiger partial charge in [-0.3, -0.25) is 5.43 Å². The summed E-state index contributed by atoms with van der Waals surface area (Å²) in [7, 11) is 0. The van der Waals surface area contributed by atoms with E-state index >= 15 is 0 Å². The number of hydrogen-bond acceptors (Lipinski definition) is 6. The van der Waals surface area contributed by atoms with Gasteiger partial charge in [-0.05, 0) is 17.5 Å². The molecule has 0 aromatic carbocycles. The van der Waals surface area contributed by atoms with Gasteiger partial charge in [0, 0.05) is 0 Å². The van der Waals surface area contributed by atoms with Crippen LogP contribution in [0.2, 0.25) is 5.15 Å². The molecule has 0 saturated carbocycles. The molecule has 19 heavy (non-hydrogen) atoms. The van der Waals surface area contributed by atoms with Gasteiger partial charge in [0.05, 0.1) is 0 Å². The lowest BCUT2D eigenvalue weighted by Gasteiger charge is -2.11. The van der Waals surface area contributed by atoms with Gasteiger partial charge in [-0.25, -0.2) is 4.79 Å². The number of halogens is 4. The molecule has 2 N–H and O–H groups in total. The molecule has 0 spiro atoms. The fourth-order valence-corrected chi connectivity index (χ4v) is 1.35. The zero-order valence-corrected chi connectivity index (χ0v) is 10.6. The summed E-state index contributed by atoms with van der Waals surface area (Å²) < 4.78 is 35.4. The first-order valence-electron chi connectivity index (χ1n) is 5.04. The Morgan fingerprint density at radius 1 is 1.42 bits per heavy atom. The zero-order valence-electron chi connectivity index (χ0n) is 9.88. The molecule has 0 amide bonds. The normalized spacial score (nSPS) is 11.5. The number of nitrogens with one attached hydrogen (secondary N) is 2. The summed E-state index contributed by atoms with van der Waals surface area (Å²) in [6.07, 6.45) is -5.08. The average molecular weight is 299 g/mol. The number of aromatic nitrogens is 2. The van der Waals surface area contributed by atoms with Crippen molar-refractivity contribution in [2.45, 2.75) is 25.9 Å². The van der Waals surface area contributed by atoms with Crippen LogP contribution in [0.3, 0.4) is 0 Å². The Labute approximate surface area is 111 Å². The molecule has 1 heterocycles. The van der Waals surface area contributed by atoms with Gasteiger partial charge in [0.1, 0.15) is 0 Å². The molecular weight excluding hydrogens is 289 g/mol. The Bertz CT molecular complexity index is 467. The predicted octanol–water partition coefficient (Wildman–Crippen LogP) is 2.19. The highest BCUT2D eigenvalue weighted by Gasteiger charge is 2.41. The van der Waals surface area contributed by atoms with Gasteiger partial charge >= 0.3 is 12.1 Å². The van der Waals surface area contributed by atoms with E-state index in [0.29, 0.717) is 5.56 Å². The van der Waals surface area contributed by atoms with Crippen LogP contribution < -0.4 is 11.0 Å². The summed E-state index contributed by atoms with van der Waals surface area (Å²) in [4.78, 5) is 14.1. The standard InChI is InChI=1S/C9H10ClF3N4O2/c1-4(2)5-3-6(14-16-7(5)10)15-17-19-8(18)9(11,12)13/h3-4,17H,1-2H3,(H,14,15). The molecule has 0 aliphatic heterocycles. The molecule has 0 fully saturated rings. The molecule has 0 atom stereocenters. The third-order valence-electron chi connectivity index (χ3n) is 1.95. The van der Waals surface area contributed by atoms with Crippen LogP contribution >= 0.6 is 11.6 Å². The van der Waals surface area contributed by atoms with E-state index in [-0.39, 0.29) is 16.9 Å². The molecule has 0 aliphatic rings. The molecule has 1 aromatic rings. The highest BCUT2D eigenvalue weighted by atomic mass is 35.5. The maximum atomic E-state index is 11.8. The maximum Gasteiger partial charge on any atom is 0.492 e.